The van der Waals surface area contributed by atoms with Gasteiger partial charge in [-0.25, -0.2) is 4.79 Å². The molecule has 0 unspecified atom stereocenters. The SMILES string of the molecule is [CH2]CC(=O)NC(=O)O. The second kappa shape index (κ2) is 3.01. The first-order valence-electron chi connectivity index (χ1n) is 1.99. The van der Waals surface area contributed by atoms with E-state index in [1.165, 1.54) is 0 Å². The van der Waals surface area contributed by atoms with Crippen LogP contribution in [0.2, 0.25) is 0 Å². The Morgan fingerprint density at radius 1 is 1.62 bits per heavy atom. The summed E-state index contributed by atoms with van der Waals surface area (Å²) in [6.45, 7) is 3.16. The zero-order valence-electron chi connectivity index (χ0n) is 4.18. The van der Waals surface area contributed by atoms with Gasteiger partial charge in [0.15, 0.2) is 0 Å². The molecule has 0 spiro atoms. The highest BCUT2D eigenvalue weighted by molar-refractivity contribution is 5.90. The quantitative estimate of drug-likeness (QED) is 0.507. The van der Waals surface area contributed by atoms with E-state index < -0.39 is 12.0 Å². The molecular weight excluding hydrogens is 110 g/mol. The first-order valence-corrected chi connectivity index (χ1v) is 1.99. The first kappa shape index (κ1) is 6.94. The average molecular weight is 116 g/mol. The Kier molecular flexibility index (Phi) is 2.61. The van der Waals surface area contributed by atoms with Gasteiger partial charge in [-0.15, -0.1) is 0 Å². The van der Waals surface area contributed by atoms with Crippen molar-refractivity contribution < 1.29 is 14.7 Å². The van der Waals surface area contributed by atoms with Crippen LogP contribution in [0, 0.1) is 6.92 Å². The predicted octanol–water partition coefficient (Wildman–Crippen LogP) is 0.00479. The standard InChI is InChI=1S/C4H6NO3/c1-2-3(6)5-4(7)8/h1-2H2,(H,5,6)(H,7,8). The van der Waals surface area contributed by atoms with E-state index in [1.54, 1.807) is 5.32 Å². The highest BCUT2D eigenvalue weighted by Crippen LogP contribution is 1.71. The zero-order valence-corrected chi connectivity index (χ0v) is 4.18. The Bertz CT molecular complexity index is 110. The lowest BCUT2D eigenvalue weighted by Gasteiger charge is -1.91. The molecule has 0 aliphatic carbocycles. The second-order valence-corrected chi connectivity index (χ2v) is 1.10. The van der Waals surface area contributed by atoms with Crippen molar-refractivity contribution >= 4 is 12.0 Å². The van der Waals surface area contributed by atoms with Crippen LogP contribution in [-0.2, 0) is 4.79 Å². The number of hydrogen-bond acceptors (Lipinski definition) is 2. The maximum Gasteiger partial charge on any atom is 0.411 e. The van der Waals surface area contributed by atoms with Crippen LogP contribution in [0.4, 0.5) is 4.79 Å². The highest BCUT2D eigenvalue weighted by atomic mass is 16.4. The van der Waals surface area contributed by atoms with Crippen molar-refractivity contribution in [3.8, 4) is 0 Å². The van der Waals surface area contributed by atoms with Crippen molar-refractivity contribution in [1.29, 1.82) is 0 Å². The fraction of sp³-hybridized carbons (Fsp3) is 0.250. The monoisotopic (exact) mass is 116 g/mol. The lowest BCUT2D eigenvalue weighted by Crippen LogP contribution is -2.27. The Morgan fingerprint density at radius 3 is 2.25 bits per heavy atom. The largest absolute Gasteiger partial charge is 0.465 e. The summed E-state index contributed by atoms with van der Waals surface area (Å²) in [7, 11) is 0. The summed E-state index contributed by atoms with van der Waals surface area (Å²) in [5.74, 6) is -0.586. The van der Waals surface area contributed by atoms with Crippen molar-refractivity contribution in [2.75, 3.05) is 0 Å². The molecule has 0 aromatic rings. The van der Waals surface area contributed by atoms with E-state index in [1.807, 2.05) is 0 Å². The van der Waals surface area contributed by atoms with Crippen LogP contribution in [0.1, 0.15) is 6.42 Å². The normalized spacial score (nSPS) is 8.12. The number of amides is 2. The van der Waals surface area contributed by atoms with Crippen LogP contribution in [0.5, 0.6) is 0 Å². The predicted molar refractivity (Wildman–Crippen MR) is 26.1 cm³/mol. The van der Waals surface area contributed by atoms with Crippen LogP contribution in [-0.4, -0.2) is 17.1 Å². The molecule has 0 saturated carbocycles. The van der Waals surface area contributed by atoms with Crippen LogP contribution in [0.3, 0.4) is 0 Å². The third-order valence-electron chi connectivity index (χ3n) is 0.473. The van der Waals surface area contributed by atoms with E-state index in [4.69, 9.17) is 5.11 Å². The summed E-state index contributed by atoms with van der Waals surface area (Å²) in [5.41, 5.74) is 0. The highest BCUT2D eigenvalue weighted by Gasteiger charge is 1.99. The molecule has 2 amide bonds. The van der Waals surface area contributed by atoms with Gasteiger partial charge < -0.3 is 5.11 Å². The summed E-state index contributed by atoms with van der Waals surface area (Å²) in [5, 5.41) is 9.46. The number of carbonyl (C=O) groups is 2. The molecule has 0 aliphatic heterocycles. The van der Waals surface area contributed by atoms with E-state index in [0.717, 1.165) is 0 Å². The third kappa shape index (κ3) is 3.14. The molecule has 0 saturated heterocycles. The molecule has 0 heterocycles. The van der Waals surface area contributed by atoms with Gasteiger partial charge in [0.25, 0.3) is 0 Å². The fourth-order valence-corrected chi connectivity index (χ4v) is 0.182. The number of carbonyl (C=O) groups excluding carboxylic acids is 1. The van der Waals surface area contributed by atoms with Crippen LogP contribution in [0.25, 0.3) is 0 Å². The summed E-state index contributed by atoms with van der Waals surface area (Å²) >= 11 is 0. The van der Waals surface area contributed by atoms with Crippen molar-refractivity contribution in [3.05, 3.63) is 6.92 Å². The molecule has 1 radical (unpaired) electrons. The smallest absolute Gasteiger partial charge is 0.411 e. The van der Waals surface area contributed by atoms with Gasteiger partial charge in [0.1, 0.15) is 0 Å². The summed E-state index contributed by atoms with van der Waals surface area (Å²) in [4.78, 5) is 19.7. The summed E-state index contributed by atoms with van der Waals surface area (Å²) < 4.78 is 0. The number of imide groups is 1. The maximum atomic E-state index is 10.1. The van der Waals surface area contributed by atoms with Crippen molar-refractivity contribution in [2.45, 2.75) is 6.42 Å². The number of hydrogen-bond donors (Lipinski definition) is 2. The van der Waals surface area contributed by atoms with Crippen LogP contribution in [0.15, 0.2) is 0 Å². The van der Waals surface area contributed by atoms with E-state index in [9.17, 15) is 9.59 Å². The molecule has 0 bridgehead atoms. The van der Waals surface area contributed by atoms with Gasteiger partial charge in [0.05, 0.1) is 0 Å². The van der Waals surface area contributed by atoms with E-state index in [0.29, 0.717) is 0 Å². The van der Waals surface area contributed by atoms with Gasteiger partial charge >= 0.3 is 6.09 Å². The first-order chi connectivity index (χ1) is 3.66. The average Bonchev–Trinajstić information content (AvgIpc) is 1.65. The van der Waals surface area contributed by atoms with Gasteiger partial charge in [-0.1, -0.05) is 0 Å². The van der Waals surface area contributed by atoms with Gasteiger partial charge in [-0.05, 0) is 6.92 Å². The zero-order chi connectivity index (χ0) is 6.57. The Labute approximate surface area is 46.5 Å². The molecule has 4 heteroatoms. The summed E-state index contributed by atoms with van der Waals surface area (Å²) in [6.07, 6.45) is -1.38. The molecule has 8 heavy (non-hydrogen) atoms. The van der Waals surface area contributed by atoms with E-state index in [2.05, 4.69) is 6.92 Å². The topological polar surface area (TPSA) is 66.4 Å². The molecule has 0 rings (SSSR count). The van der Waals surface area contributed by atoms with Crippen molar-refractivity contribution in [1.82, 2.24) is 5.32 Å². The minimum Gasteiger partial charge on any atom is -0.465 e. The number of rotatable bonds is 1. The number of carboxylic acid groups (broad SMARTS) is 1. The molecule has 45 valence electrons. The van der Waals surface area contributed by atoms with Gasteiger partial charge in [-0.2, -0.15) is 0 Å². The fourth-order valence-electron chi connectivity index (χ4n) is 0.182. The third-order valence-corrected chi connectivity index (χ3v) is 0.473. The minimum atomic E-state index is -1.33. The van der Waals surface area contributed by atoms with Gasteiger partial charge in [0, 0.05) is 6.42 Å². The summed E-state index contributed by atoms with van der Waals surface area (Å²) in [6, 6.07) is 0. The van der Waals surface area contributed by atoms with E-state index >= 15 is 0 Å². The number of nitrogens with one attached hydrogen (secondary N) is 1. The maximum absolute atomic E-state index is 10.1. The second-order valence-electron chi connectivity index (χ2n) is 1.10. The van der Waals surface area contributed by atoms with Crippen molar-refractivity contribution in [2.24, 2.45) is 0 Å². The molecule has 4 nitrogen and oxygen atoms in total. The lowest BCUT2D eigenvalue weighted by molar-refractivity contribution is -0.119. The van der Waals surface area contributed by atoms with Gasteiger partial charge in [-0.3, -0.25) is 10.1 Å². The van der Waals surface area contributed by atoms with Crippen LogP contribution < -0.4 is 5.32 Å². The Balaban J connectivity index is 3.40. The molecule has 0 aromatic heterocycles. The Hall–Kier alpha value is -1.06. The van der Waals surface area contributed by atoms with Gasteiger partial charge in [0.2, 0.25) is 5.91 Å². The van der Waals surface area contributed by atoms with Crippen LogP contribution >= 0.6 is 0 Å². The van der Waals surface area contributed by atoms with E-state index in [-0.39, 0.29) is 6.42 Å². The molecule has 0 fully saturated rings. The van der Waals surface area contributed by atoms with Crippen molar-refractivity contribution in [3.63, 3.8) is 0 Å². The molecule has 0 atom stereocenters. The molecule has 0 aromatic carbocycles. The Morgan fingerprint density at radius 2 is 2.12 bits per heavy atom. The minimum absolute atomic E-state index is 0.0493. The molecule has 0 aliphatic rings. The lowest BCUT2D eigenvalue weighted by atomic mass is 10.5. The molecular formula is C4H6NO3. The molecule has 2 N–H and O–H groups in total.